The van der Waals surface area contributed by atoms with Gasteiger partial charge in [0, 0.05) is 23.3 Å². The molecule has 1 aromatic carbocycles. The van der Waals surface area contributed by atoms with Crippen LogP contribution in [0.5, 0.6) is 0 Å². The summed E-state index contributed by atoms with van der Waals surface area (Å²) in [5.74, 6) is 3.16. The van der Waals surface area contributed by atoms with E-state index in [0.717, 1.165) is 16.3 Å². The highest BCUT2D eigenvalue weighted by molar-refractivity contribution is 7.99. The number of rotatable bonds is 4. The van der Waals surface area contributed by atoms with Crippen LogP contribution in [0.1, 0.15) is 12.0 Å². The van der Waals surface area contributed by atoms with Gasteiger partial charge in [0.1, 0.15) is 0 Å². The summed E-state index contributed by atoms with van der Waals surface area (Å²) in [6.07, 6.45) is 1.26. The smallest absolute Gasteiger partial charge is 0.0455 e. The predicted octanol–water partition coefficient (Wildman–Crippen LogP) is 3.14. The van der Waals surface area contributed by atoms with Crippen LogP contribution in [0.15, 0.2) is 18.2 Å². The van der Waals surface area contributed by atoms with Gasteiger partial charge in [0.05, 0.1) is 0 Å². The van der Waals surface area contributed by atoms with Crippen LogP contribution >= 0.6 is 23.4 Å². The summed E-state index contributed by atoms with van der Waals surface area (Å²) in [5.41, 5.74) is 8.05. The number of hydrogen-bond donors (Lipinski definition) is 2. The van der Waals surface area contributed by atoms with E-state index in [2.05, 4.69) is 11.4 Å². The van der Waals surface area contributed by atoms with Crippen molar-refractivity contribution in [2.75, 3.05) is 23.4 Å². The van der Waals surface area contributed by atoms with E-state index >= 15 is 0 Å². The van der Waals surface area contributed by atoms with Gasteiger partial charge in [0.25, 0.3) is 0 Å². The van der Waals surface area contributed by atoms with Gasteiger partial charge in [-0.2, -0.15) is 11.8 Å². The number of nitrogens with two attached hydrogens (primary N) is 1. The van der Waals surface area contributed by atoms with Crippen molar-refractivity contribution in [3.63, 3.8) is 0 Å². The number of thioether (sulfide) groups is 1. The molecule has 2 unspecified atom stereocenters. The third-order valence-electron chi connectivity index (χ3n) is 3.31. The van der Waals surface area contributed by atoms with Gasteiger partial charge in [-0.25, -0.2) is 0 Å². The van der Waals surface area contributed by atoms with Crippen molar-refractivity contribution in [3.8, 4) is 0 Å². The lowest BCUT2D eigenvalue weighted by Gasteiger charge is -2.24. The maximum absolute atomic E-state index is 6.12. The molecule has 1 saturated heterocycles. The van der Waals surface area contributed by atoms with Crippen LogP contribution in [0.3, 0.4) is 0 Å². The monoisotopic (exact) mass is 270 g/mol. The summed E-state index contributed by atoms with van der Waals surface area (Å²) >= 11 is 8.15. The minimum absolute atomic E-state index is 0.365. The summed E-state index contributed by atoms with van der Waals surface area (Å²) in [6.45, 7) is 2.69. The largest absolute Gasteiger partial charge is 0.381 e. The minimum atomic E-state index is 0.365. The van der Waals surface area contributed by atoms with Crippen molar-refractivity contribution in [2.45, 2.75) is 19.4 Å². The average molecular weight is 271 g/mol. The first-order valence-electron chi connectivity index (χ1n) is 6.01. The van der Waals surface area contributed by atoms with Crippen molar-refractivity contribution < 1.29 is 0 Å². The average Bonchev–Trinajstić information content (AvgIpc) is 2.84. The van der Waals surface area contributed by atoms with E-state index in [1.165, 1.54) is 17.9 Å². The molecule has 0 radical (unpaired) electrons. The van der Waals surface area contributed by atoms with Crippen molar-refractivity contribution in [3.05, 3.63) is 28.8 Å². The number of anilines is 1. The molecule has 0 spiro atoms. The Morgan fingerprint density at radius 1 is 1.59 bits per heavy atom. The molecule has 4 heteroatoms. The molecule has 17 heavy (non-hydrogen) atoms. The van der Waals surface area contributed by atoms with Gasteiger partial charge in [0.15, 0.2) is 0 Å². The molecule has 1 aliphatic heterocycles. The van der Waals surface area contributed by atoms with E-state index in [4.69, 9.17) is 17.3 Å². The standard InChI is InChI=1S/C13H19ClN2S/c1-9-2-3-11(6-12(9)14)16-13(7-15)10-4-5-17-8-10/h2-3,6,10,13,16H,4-5,7-8,15H2,1H3. The molecular weight excluding hydrogens is 252 g/mol. The number of nitrogens with one attached hydrogen (secondary N) is 1. The normalized spacial score (nSPS) is 21.5. The molecule has 0 bridgehead atoms. The van der Waals surface area contributed by atoms with E-state index in [-0.39, 0.29) is 0 Å². The van der Waals surface area contributed by atoms with Gasteiger partial charge < -0.3 is 11.1 Å². The van der Waals surface area contributed by atoms with Gasteiger partial charge in [-0.1, -0.05) is 17.7 Å². The van der Waals surface area contributed by atoms with Crippen molar-refractivity contribution in [1.29, 1.82) is 0 Å². The van der Waals surface area contributed by atoms with Crippen LogP contribution in [-0.2, 0) is 0 Å². The van der Waals surface area contributed by atoms with Gasteiger partial charge in [0.2, 0.25) is 0 Å². The zero-order chi connectivity index (χ0) is 12.3. The number of halogens is 1. The van der Waals surface area contributed by atoms with Crippen molar-refractivity contribution >= 4 is 29.1 Å². The Kier molecular flexibility index (Phi) is 4.60. The first-order valence-corrected chi connectivity index (χ1v) is 7.54. The van der Waals surface area contributed by atoms with Gasteiger partial charge in [-0.15, -0.1) is 0 Å². The summed E-state index contributed by atoms with van der Waals surface area (Å²) in [4.78, 5) is 0. The maximum atomic E-state index is 6.12. The molecular formula is C13H19ClN2S. The lowest BCUT2D eigenvalue weighted by atomic mass is 9.99. The van der Waals surface area contributed by atoms with Crippen molar-refractivity contribution in [2.24, 2.45) is 11.7 Å². The number of aryl methyl sites for hydroxylation is 1. The van der Waals surface area contributed by atoms with E-state index in [9.17, 15) is 0 Å². The molecule has 0 aliphatic carbocycles. The Morgan fingerprint density at radius 2 is 2.41 bits per heavy atom. The lowest BCUT2D eigenvalue weighted by molar-refractivity contribution is 0.499. The predicted molar refractivity (Wildman–Crippen MR) is 78.1 cm³/mol. The quantitative estimate of drug-likeness (QED) is 0.883. The molecule has 1 aromatic rings. The first kappa shape index (κ1) is 13.1. The Morgan fingerprint density at radius 3 is 3.00 bits per heavy atom. The Balaban J connectivity index is 2.04. The summed E-state index contributed by atoms with van der Waals surface area (Å²) < 4.78 is 0. The van der Waals surface area contributed by atoms with Gasteiger partial charge in [-0.3, -0.25) is 0 Å². The third kappa shape index (κ3) is 3.30. The summed E-state index contributed by atoms with van der Waals surface area (Å²) in [6, 6.07) is 6.47. The highest BCUT2D eigenvalue weighted by Gasteiger charge is 2.24. The van der Waals surface area contributed by atoms with E-state index in [1.54, 1.807) is 0 Å². The summed E-state index contributed by atoms with van der Waals surface area (Å²) in [7, 11) is 0. The molecule has 3 N–H and O–H groups in total. The second-order valence-corrected chi connectivity index (χ2v) is 6.13. The number of hydrogen-bond acceptors (Lipinski definition) is 3. The molecule has 2 rings (SSSR count). The first-order chi connectivity index (χ1) is 8.20. The molecule has 1 heterocycles. The highest BCUT2D eigenvalue weighted by Crippen LogP contribution is 2.28. The van der Waals surface area contributed by atoms with Crippen LogP contribution in [0.4, 0.5) is 5.69 Å². The Labute approximate surface area is 112 Å². The molecule has 2 atom stereocenters. The topological polar surface area (TPSA) is 38.0 Å². The van der Waals surface area contributed by atoms with Crippen LogP contribution in [-0.4, -0.2) is 24.1 Å². The molecule has 2 nitrogen and oxygen atoms in total. The van der Waals surface area contributed by atoms with Crippen LogP contribution < -0.4 is 11.1 Å². The van der Waals surface area contributed by atoms with Gasteiger partial charge in [-0.05, 0) is 48.5 Å². The second-order valence-electron chi connectivity index (χ2n) is 4.57. The third-order valence-corrected chi connectivity index (χ3v) is 4.91. The Hall–Kier alpha value is -0.380. The molecule has 0 aromatic heterocycles. The maximum Gasteiger partial charge on any atom is 0.0455 e. The number of benzene rings is 1. The molecule has 1 fully saturated rings. The fourth-order valence-electron chi connectivity index (χ4n) is 2.14. The highest BCUT2D eigenvalue weighted by atomic mass is 35.5. The molecule has 94 valence electrons. The van der Waals surface area contributed by atoms with E-state index < -0.39 is 0 Å². The zero-order valence-corrected chi connectivity index (χ0v) is 11.7. The Bertz CT molecular complexity index is 378. The minimum Gasteiger partial charge on any atom is -0.381 e. The van der Waals surface area contributed by atoms with Crippen molar-refractivity contribution in [1.82, 2.24) is 0 Å². The molecule has 0 saturated carbocycles. The van der Waals surface area contributed by atoms with Crippen LogP contribution in [0.2, 0.25) is 5.02 Å². The summed E-state index contributed by atoms with van der Waals surface area (Å²) in [5, 5.41) is 4.33. The zero-order valence-electron chi connectivity index (χ0n) is 10.1. The fraction of sp³-hybridized carbons (Fsp3) is 0.538. The van der Waals surface area contributed by atoms with Crippen LogP contribution in [0.25, 0.3) is 0 Å². The SMILES string of the molecule is Cc1ccc(NC(CN)C2CCSC2)cc1Cl. The van der Waals surface area contributed by atoms with E-state index in [1.807, 2.05) is 30.8 Å². The van der Waals surface area contributed by atoms with Crippen LogP contribution in [0, 0.1) is 12.8 Å². The lowest BCUT2D eigenvalue weighted by Crippen LogP contribution is -2.36. The molecule has 0 amide bonds. The second kappa shape index (κ2) is 5.98. The van der Waals surface area contributed by atoms with E-state index in [0.29, 0.717) is 18.5 Å². The van der Waals surface area contributed by atoms with Gasteiger partial charge >= 0.3 is 0 Å². The molecule has 1 aliphatic rings. The fourth-order valence-corrected chi connectivity index (χ4v) is 3.65.